The van der Waals surface area contributed by atoms with Gasteiger partial charge in [0.15, 0.2) is 11.5 Å². The Morgan fingerprint density at radius 3 is 2.59 bits per heavy atom. The van der Waals surface area contributed by atoms with Gasteiger partial charge in [-0.1, -0.05) is 30.4 Å². The summed E-state index contributed by atoms with van der Waals surface area (Å²) in [5.41, 5.74) is 2.19. The van der Waals surface area contributed by atoms with Crippen LogP contribution in [-0.4, -0.2) is 36.3 Å². The number of nitrogens with zero attached hydrogens (tertiary/aromatic N) is 1. The first-order valence-electron chi connectivity index (χ1n) is 11.3. The molecule has 2 aliphatic carbocycles. The topological polar surface area (TPSA) is 67.9 Å². The Morgan fingerprint density at radius 1 is 1.16 bits per heavy atom. The summed E-state index contributed by atoms with van der Waals surface area (Å²) in [5.74, 6) is 1.30. The number of ether oxygens (including phenoxy) is 2. The standard InChI is InChI=1S/C26H30N2O4/c1-28(26(14-5-6-15-26)27-16-7-17-29)25(30)22-12-10-21(11-13-22)24-19-31-18-23(32-24)20-8-3-2-4-9-20/h2-3,8,10-13,17-19,27H,4-7,9,14-16H2,1H3. The van der Waals surface area contributed by atoms with Gasteiger partial charge < -0.3 is 19.2 Å². The van der Waals surface area contributed by atoms with E-state index in [1.54, 1.807) is 12.5 Å². The third-order valence-corrected chi connectivity index (χ3v) is 6.41. The zero-order chi connectivity index (χ0) is 22.4. The summed E-state index contributed by atoms with van der Waals surface area (Å²) in [5, 5.41) is 3.46. The number of hydrogen-bond acceptors (Lipinski definition) is 5. The van der Waals surface area contributed by atoms with Crippen molar-refractivity contribution in [3.05, 3.63) is 77.5 Å². The molecular weight excluding hydrogens is 404 g/mol. The number of carbonyl (C=O) groups is 2. The minimum Gasteiger partial charge on any atom is -0.465 e. The van der Waals surface area contributed by atoms with Gasteiger partial charge in [-0.25, -0.2) is 0 Å². The second-order valence-corrected chi connectivity index (χ2v) is 8.42. The fourth-order valence-electron chi connectivity index (χ4n) is 4.52. The van der Waals surface area contributed by atoms with E-state index in [1.165, 1.54) is 0 Å². The monoisotopic (exact) mass is 434 g/mol. The van der Waals surface area contributed by atoms with E-state index in [1.807, 2.05) is 48.4 Å². The van der Waals surface area contributed by atoms with Gasteiger partial charge in [0.25, 0.3) is 5.91 Å². The largest absolute Gasteiger partial charge is 0.465 e. The predicted molar refractivity (Wildman–Crippen MR) is 123 cm³/mol. The second-order valence-electron chi connectivity index (χ2n) is 8.42. The molecule has 1 aromatic rings. The Balaban J connectivity index is 1.44. The van der Waals surface area contributed by atoms with E-state index in [-0.39, 0.29) is 11.6 Å². The lowest BCUT2D eigenvalue weighted by Gasteiger charge is -2.40. The maximum atomic E-state index is 13.2. The average Bonchev–Trinajstić information content (AvgIpc) is 3.34. The molecule has 1 fully saturated rings. The van der Waals surface area contributed by atoms with Crippen molar-refractivity contribution in [3.63, 3.8) is 0 Å². The number of allylic oxidation sites excluding steroid dienone is 4. The second kappa shape index (κ2) is 10.0. The van der Waals surface area contributed by atoms with Crippen LogP contribution < -0.4 is 5.32 Å². The van der Waals surface area contributed by atoms with E-state index in [9.17, 15) is 9.59 Å². The van der Waals surface area contributed by atoms with Crippen molar-refractivity contribution in [1.82, 2.24) is 10.2 Å². The summed E-state index contributed by atoms with van der Waals surface area (Å²) in [6, 6.07) is 7.42. The maximum absolute atomic E-state index is 13.2. The Hall–Kier alpha value is -3.12. The summed E-state index contributed by atoms with van der Waals surface area (Å²) < 4.78 is 11.6. The van der Waals surface area contributed by atoms with Gasteiger partial charge in [-0.05, 0) is 56.2 Å². The number of carbonyl (C=O) groups excluding carboxylic acids is 2. The lowest BCUT2D eigenvalue weighted by Crippen LogP contribution is -2.57. The SMILES string of the molecule is CN(C(=O)c1ccc(C2=COC=C(C3=CC=CCC3)O2)cc1)C1(NCCC=O)CCCC1. The van der Waals surface area contributed by atoms with Crippen LogP contribution in [-0.2, 0) is 14.3 Å². The molecule has 3 aliphatic rings. The van der Waals surface area contributed by atoms with Gasteiger partial charge in [0.2, 0.25) is 0 Å². The molecule has 1 amide bonds. The average molecular weight is 435 g/mol. The lowest BCUT2D eigenvalue weighted by atomic mass is 10.0. The summed E-state index contributed by atoms with van der Waals surface area (Å²) in [6.07, 6.45) is 16.6. The third kappa shape index (κ3) is 4.70. The number of aldehydes is 1. The van der Waals surface area contributed by atoms with Gasteiger partial charge in [0, 0.05) is 31.1 Å². The molecule has 0 spiro atoms. The number of rotatable bonds is 8. The van der Waals surface area contributed by atoms with Crippen LogP contribution in [0, 0.1) is 0 Å². The number of nitrogens with one attached hydrogen (secondary N) is 1. The molecule has 6 nitrogen and oxygen atoms in total. The highest BCUT2D eigenvalue weighted by atomic mass is 16.5. The smallest absolute Gasteiger partial charge is 0.255 e. The van der Waals surface area contributed by atoms with E-state index in [0.29, 0.717) is 24.3 Å². The summed E-state index contributed by atoms with van der Waals surface area (Å²) >= 11 is 0. The van der Waals surface area contributed by atoms with Crippen molar-refractivity contribution < 1.29 is 19.1 Å². The molecule has 168 valence electrons. The normalized spacial score (nSPS) is 19.2. The molecule has 0 bridgehead atoms. The molecule has 0 radical (unpaired) electrons. The fraction of sp³-hybridized carbons (Fsp3) is 0.385. The van der Waals surface area contributed by atoms with Crippen molar-refractivity contribution in [2.45, 2.75) is 50.6 Å². The first-order valence-corrected chi connectivity index (χ1v) is 11.3. The lowest BCUT2D eigenvalue weighted by molar-refractivity contribution is -0.107. The van der Waals surface area contributed by atoms with Crippen molar-refractivity contribution in [1.29, 1.82) is 0 Å². The number of hydrogen-bond donors (Lipinski definition) is 1. The van der Waals surface area contributed by atoms with Crippen molar-refractivity contribution in [3.8, 4) is 0 Å². The molecule has 1 heterocycles. The van der Waals surface area contributed by atoms with Crippen LogP contribution in [0.25, 0.3) is 5.76 Å². The molecule has 0 unspecified atom stereocenters. The van der Waals surface area contributed by atoms with E-state index in [4.69, 9.17) is 9.47 Å². The number of benzene rings is 1. The first-order chi connectivity index (χ1) is 15.6. The minimum absolute atomic E-state index is 0.0356. The van der Waals surface area contributed by atoms with Gasteiger partial charge in [-0.3, -0.25) is 10.1 Å². The van der Waals surface area contributed by atoms with Crippen LogP contribution in [0.5, 0.6) is 0 Å². The Morgan fingerprint density at radius 2 is 1.91 bits per heavy atom. The van der Waals surface area contributed by atoms with E-state index in [2.05, 4.69) is 11.4 Å². The van der Waals surface area contributed by atoms with Crippen LogP contribution in [0.15, 0.2) is 66.3 Å². The molecule has 1 aromatic carbocycles. The van der Waals surface area contributed by atoms with Gasteiger partial charge in [0.1, 0.15) is 18.8 Å². The van der Waals surface area contributed by atoms with Crippen LogP contribution in [0.3, 0.4) is 0 Å². The van der Waals surface area contributed by atoms with Crippen molar-refractivity contribution in [2.75, 3.05) is 13.6 Å². The van der Waals surface area contributed by atoms with Crippen LogP contribution >= 0.6 is 0 Å². The zero-order valence-electron chi connectivity index (χ0n) is 18.5. The molecule has 1 aliphatic heterocycles. The zero-order valence-corrected chi connectivity index (χ0v) is 18.5. The molecule has 32 heavy (non-hydrogen) atoms. The van der Waals surface area contributed by atoms with Crippen LogP contribution in [0.1, 0.15) is 60.9 Å². The van der Waals surface area contributed by atoms with Crippen molar-refractivity contribution in [2.24, 2.45) is 0 Å². The third-order valence-electron chi connectivity index (χ3n) is 6.41. The van der Waals surface area contributed by atoms with Gasteiger partial charge in [-0.15, -0.1) is 0 Å². The molecule has 1 saturated carbocycles. The highest BCUT2D eigenvalue weighted by Gasteiger charge is 2.39. The van der Waals surface area contributed by atoms with E-state index in [0.717, 1.165) is 61.7 Å². The Kier molecular flexibility index (Phi) is 6.90. The van der Waals surface area contributed by atoms with Gasteiger partial charge in [0.05, 0.1) is 5.66 Å². The maximum Gasteiger partial charge on any atom is 0.255 e. The van der Waals surface area contributed by atoms with Crippen molar-refractivity contribution >= 4 is 18.0 Å². The quantitative estimate of drug-likeness (QED) is 0.366. The van der Waals surface area contributed by atoms with E-state index < -0.39 is 0 Å². The minimum atomic E-state index is -0.385. The van der Waals surface area contributed by atoms with Gasteiger partial charge in [-0.2, -0.15) is 0 Å². The fourth-order valence-corrected chi connectivity index (χ4v) is 4.52. The summed E-state index contributed by atoms with van der Waals surface area (Å²) in [7, 11) is 1.85. The summed E-state index contributed by atoms with van der Waals surface area (Å²) in [6.45, 7) is 0.577. The highest BCUT2D eigenvalue weighted by Crippen LogP contribution is 2.34. The molecule has 4 rings (SSSR count). The molecule has 6 heteroatoms. The molecule has 0 saturated heterocycles. The van der Waals surface area contributed by atoms with Gasteiger partial charge >= 0.3 is 0 Å². The molecule has 1 N–H and O–H groups in total. The van der Waals surface area contributed by atoms with Crippen LogP contribution in [0.2, 0.25) is 0 Å². The predicted octanol–water partition coefficient (Wildman–Crippen LogP) is 4.67. The summed E-state index contributed by atoms with van der Waals surface area (Å²) in [4.78, 5) is 25.8. The van der Waals surface area contributed by atoms with Crippen LogP contribution in [0.4, 0.5) is 0 Å². The molecule has 0 aromatic heterocycles. The number of amides is 1. The highest BCUT2D eigenvalue weighted by molar-refractivity contribution is 5.94. The van der Waals surface area contributed by atoms with E-state index >= 15 is 0 Å². The molecule has 0 atom stereocenters. The Labute approximate surface area is 189 Å². The first kappa shape index (κ1) is 22.1. The Bertz CT molecular complexity index is 966. The molecular formula is C26H30N2O4.